The van der Waals surface area contributed by atoms with E-state index in [1.807, 2.05) is 0 Å². The Hall–Kier alpha value is -2.46. The van der Waals surface area contributed by atoms with E-state index < -0.39 is 23.7 Å². The van der Waals surface area contributed by atoms with Gasteiger partial charge in [0, 0.05) is 31.6 Å². The number of nitrogens with zero attached hydrogens (tertiary/aromatic N) is 1. The van der Waals surface area contributed by atoms with Gasteiger partial charge in [0.05, 0.1) is 0 Å². The van der Waals surface area contributed by atoms with Crippen LogP contribution in [0.25, 0.3) is 0 Å². The van der Waals surface area contributed by atoms with Crippen molar-refractivity contribution in [3.8, 4) is 0 Å². The number of rotatable bonds is 5. The van der Waals surface area contributed by atoms with E-state index in [0.29, 0.717) is 24.1 Å². The highest BCUT2D eigenvalue weighted by atomic mass is 19.4. The first-order chi connectivity index (χ1) is 14.2. The molecule has 2 atom stereocenters. The summed E-state index contributed by atoms with van der Waals surface area (Å²) in [7, 11) is 0. The van der Waals surface area contributed by atoms with Gasteiger partial charge in [0.15, 0.2) is 0 Å². The van der Waals surface area contributed by atoms with Gasteiger partial charge in [0.25, 0.3) is 5.91 Å². The summed E-state index contributed by atoms with van der Waals surface area (Å²) in [5.74, 6) is -1.15. The van der Waals surface area contributed by atoms with Gasteiger partial charge in [-0.25, -0.2) is 0 Å². The van der Waals surface area contributed by atoms with Gasteiger partial charge in [0.1, 0.15) is 11.6 Å². The summed E-state index contributed by atoms with van der Waals surface area (Å²) in [6.45, 7) is 0.447. The van der Waals surface area contributed by atoms with Crippen LogP contribution in [-0.4, -0.2) is 53.5 Å². The maximum absolute atomic E-state index is 13.5. The number of nitrogens with one attached hydrogen (secondary N) is 3. The van der Waals surface area contributed by atoms with Crippen LogP contribution in [0.2, 0.25) is 0 Å². The zero-order chi connectivity index (χ0) is 21.5. The first-order valence-electron chi connectivity index (χ1n) is 10.00. The first kappa shape index (κ1) is 20.8. The molecule has 3 heterocycles. The molecule has 30 heavy (non-hydrogen) atoms. The maximum atomic E-state index is 13.5. The molecule has 0 spiro atoms. The van der Waals surface area contributed by atoms with Gasteiger partial charge in [0.2, 0.25) is 11.8 Å². The Balaban J connectivity index is 1.47. The van der Waals surface area contributed by atoms with Crippen molar-refractivity contribution in [3.63, 3.8) is 0 Å². The summed E-state index contributed by atoms with van der Waals surface area (Å²) in [4.78, 5) is 37.8. The second-order valence-electron chi connectivity index (χ2n) is 8.06. The predicted molar refractivity (Wildman–Crippen MR) is 100 cm³/mol. The van der Waals surface area contributed by atoms with Gasteiger partial charge in [-0.1, -0.05) is 12.1 Å². The molecule has 3 aliphatic rings. The van der Waals surface area contributed by atoms with Gasteiger partial charge in [-0.05, 0) is 43.0 Å². The lowest BCUT2D eigenvalue weighted by atomic mass is 9.96. The van der Waals surface area contributed by atoms with Gasteiger partial charge < -0.3 is 15.5 Å². The zero-order valence-corrected chi connectivity index (χ0v) is 16.3. The number of benzene rings is 1. The van der Waals surface area contributed by atoms with Gasteiger partial charge in [-0.15, -0.1) is 0 Å². The van der Waals surface area contributed by atoms with E-state index >= 15 is 0 Å². The second kappa shape index (κ2) is 7.66. The molecule has 3 aliphatic heterocycles. The zero-order valence-electron chi connectivity index (χ0n) is 16.3. The van der Waals surface area contributed by atoms with Crippen molar-refractivity contribution in [3.05, 3.63) is 34.9 Å². The third-order valence-electron chi connectivity index (χ3n) is 6.21. The molecule has 3 N–H and O–H groups in total. The average Bonchev–Trinajstić information content (AvgIpc) is 3.29. The van der Waals surface area contributed by atoms with Crippen LogP contribution in [0.3, 0.4) is 0 Å². The van der Waals surface area contributed by atoms with E-state index in [2.05, 4.69) is 16.0 Å². The van der Waals surface area contributed by atoms with Crippen LogP contribution in [0, 0.1) is 0 Å². The lowest BCUT2D eigenvalue weighted by molar-refractivity contribution is -0.190. The highest BCUT2D eigenvalue weighted by Crippen LogP contribution is 2.37. The number of piperidine rings is 1. The molecular weight excluding hydrogens is 401 g/mol. The SMILES string of the molecule is O=C1CCC(N2Cc3c(CNCC4(C(F)(F)F)CCCN4)cccc3C2=O)C(=O)N1. The minimum absolute atomic E-state index is 0.0260. The van der Waals surface area contributed by atoms with Gasteiger partial charge in [-0.2, -0.15) is 13.2 Å². The first-order valence-corrected chi connectivity index (χ1v) is 10.00. The van der Waals surface area contributed by atoms with Crippen molar-refractivity contribution in [1.29, 1.82) is 0 Å². The van der Waals surface area contributed by atoms with E-state index in [0.717, 1.165) is 5.56 Å². The van der Waals surface area contributed by atoms with E-state index in [4.69, 9.17) is 0 Å². The summed E-state index contributed by atoms with van der Waals surface area (Å²) in [6, 6.07) is 4.40. The molecule has 0 bridgehead atoms. The Bertz CT molecular complexity index is 881. The van der Waals surface area contributed by atoms with Crippen LogP contribution in [0.15, 0.2) is 18.2 Å². The average molecular weight is 424 g/mol. The molecule has 162 valence electrons. The molecular formula is C20H23F3N4O3. The van der Waals surface area contributed by atoms with E-state index in [1.165, 1.54) is 4.90 Å². The maximum Gasteiger partial charge on any atom is 0.407 e. The number of carbonyl (C=O) groups is 3. The summed E-state index contributed by atoms with van der Waals surface area (Å²) < 4.78 is 40.6. The fourth-order valence-corrected chi connectivity index (χ4v) is 4.53. The van der Waals surface area contributed by atoms with E-state index in [1.54, 1.807) is 18.2 Å². The van der Waals surface area contributed by atoms with E-state index in [-0.39, 0.29) is 50.7 Å². The number of alkyl halides is 3. The number of amides is 3. The number of fused-ring (bicyclic) bond motifs is 1. The Morgan fingerprint density at radius 2 is 2.03 bits per heavy atom. The van der Waals surface area contributed by atoms with Crippen LogP contribution in [0.5, 0.6) is 0 Å². The van der Waals surface area contributed by atoms with Crippen LogP contribution in [0.1, 0.15) is 47.2 Å². The predicted octanol–water partition coefficient (Wildman–Crippen LogP) is 1.22. The van der Waals surface area contributed by atoms with E-state index in [9.17, 15) is 27.6 Å². The third kappa shape index (κ3) is 3.58. The Labute approximate surface area is 171 Å². The molecule has 1 aromatic rings. The fourth-order valence-electron chi connectivity index (χ4n) is 4.53. The van der Waals surface area contributed by atoms with Crippen molar-refractivity contribution < 1.29 is 27.6 Å². The molecule has 0 saturated carbocycles. The normalized spacial score (nSPS) is 26.8. The van der Waals surface area contributed by atoms with Crippen molar-refractivity contribution in [2.24, 2.45) is 0 Å². The minimum atomic E-state index is -4.35. The number of halogens is 3. The van der Waals surface area contributed by atoms with Crippen molar-refractivity contribution in [1.82, 2.24) is 20.9 Å². The van der Waals surface area contributed by atoms with Crippen LogP contribution in [-0.2, 0) is 22.7 Å². The molecule has 0 aromatic heterocycles. The van der Waals surface area contributed by atoms with Gasteiger partial charge >= 0.3 is 6.18 Å². The summed E-state index contributed by atoms with van der Waals surface area (Å²) in [5.41, 5.74) is -0.0471. The quantitative estimate of drug-likeness (QED) is 0.619. The molecule has 7 nitrogen and oxygen atoms in total. The minimum Gasteiger partial charge on any atom is -0.322 e. The Morgan fingerprint density at radius 1 is 1.23 bits per heavy atom. The molecule has 2 fully saturated rings. The molecule has 3 amide bonds. The number of hydrogen-bond acceptors (Lipinski definition) is 5. The highest BCUT2D eigenvalue weighted by molar-refractivity contribution is 6.05. The van der Waals surface area contributed by atoms with Crippen molar-refractivity contribution >= 4 is 17.7 Å². The molecule has 0 aliphatic carbocycles. The summed E-state index contributed by atoms with van der Waals surface area (Å²) in [6.07, 6.45) is -3.43. The molecule has 2 saturated heterocycles. The number of imide groups is 1. The number of carbonyl (C=O) groups excluding carboxylic acids is 3. The third-order valence-corrected chi connectivity index (χ3v) is 6.21. The lowest BCUT2D eigenvalue weighted by Crippen LogP contribution is -2.58. The van der Waals surface area contributed by atoms with Crippen molar-refractivity contribution in [2.75, 3.05) is 13.1 Å². The molecule has 4 rings (SSSR count). The standard InChI is InChI=1S/C20H23F3N4O3/c21-20(22,23)19(7-2-8-25-19)11-24-9-12-3-1-4-13-14(12)10-27(18(13)30)15-5-6-16(28)26-17(15)29/h1,3-4,15,24-25H,2,5-11H2,(H,26,28,29). The topological polar surface area (TPSA) is 90.5 Å². The number of hydrogen-bond donors (Lipinski definition) is 3. The Kier molecular flexibility index (Phi) is 5.31. The Morgan fingerprint density at radius 3 is 2.70 bits per heavy atom. The molecule has 1 aromatic carbocycles. The monoisotopic (exact) mass is 424 g/mol. The summed E-state index contributed by atoms with van der Waals surface area (Å²) in [5, 5.41) is 7.76. The highest BCUT2D eigenvalue weighted by Gasteiger charge is 2.55. The van der Waals surface area contributed by atoms with Gasteiger partial charge in [-0.3, -0.25) is 19.7 Å². The molecule has 0 radical (unpaired) electrons. The molecule has 2 unspecified atom stereocenters. The van der Waals surface area contributed by atoms with Crippen LogP contribution < -0.4 is 16.0 Å². The molecule has 10 heteroatoms. The van der Waals surface area contributed by atoms with Crippen molar-refractivity contribution in [2.45, 2.75) is 56.5 Å². The van der Waals surface area contributed by atoms with Crippen LogP contribution >= 0.6 is 0 Å². The summed E-state index contributed by atoms with van der Waals surface area (Å²) >= 11 is 0. The fraction of sp³-hybridized carbons (Fsp3) is 0.550. The smallest absolute Gasteiger partial charge is 0.322 e. The second-order valence-corrected chi connectivity index (χ2v) is 8.06. The van der Waals surface area contributed by atoms with Crippen LogP contribution in [0.4, 0.5) is 13.2 Å². The lowest BCUT2D eigenvalue weighted by Gasteiger charge is -2.32. The largest absolute Gasteiger partial charge is 0.407 e.